The predicted octanol–water partition coefficient (Wildman–Crippen LogP) is 2.14. The fourth-order valence-corrected chi connectivity index (χ4v) is 1.28. The van der Waals surface area contributed by atoms with Crippen LogP contribution >= 0.6 is 22.6 Å². The van der Waals surface area contributed by atoms with E-state index in [0.29, 0.717) is 5.92 Å². The number of halogens is 1. The van der Waals surface area contributed by atoms with Crippen molar-refractivity contribution in [1.29, 1.82) is 0 Å². The van der Waals surface area contributed by atoms with Crippen LogP contribution in [-0.2, 0) is 6.54 Å². The van der Waals surface area contributed by atoms with E-state index in [9.17, 15) is 0 Å². The quantitative estimate of drug-likeness (QED) is 0.735. The number of hydrogen-bond acceptors (Lipinski definition) is 1. The molecule has 1 aromatic heterocycles. The molecule has 0 radical (unpaired) electrons. The van der Waals surface area contributed by atoms with E-state index in [4.69, 9.17) is 0 Å². The molecule has 0 unspecified atom stereocenters. The van der Waals surface area contributed by atoms with Gasteiger partial charge in [0.1, 0.15) is 0 Å². The van der Waals surface area contributed by atoms with E-state index >= 15 is 0 Å². The molecule has 3 heteroatoms. The lowest BCUT2D eigenvalue weighted by molar-refractivity contribution is 0.475. The van der Waals surface area contributed by atoms with Gasteiger partial charge in [-0.3, -0.25) is 4.68 Å². The van der Waals surface area contributed by atoms with Gasteiger partial charge >= 0.3 is 0 Å². The number of rotatable bonds is 2. The van der Waals surface area contributed by atoms with Gasteiger partial charge in [0.25, 0.3) is 0 Å². The third-order valence-electron chi connectivity index (χ3n) is 1.20. The van der Waals surface area contributed by atoms with Crippen molar-refractivity contribution < 1.29 is 0 Å². The van der Waals surface area contributed by atoms with E-state index in [-0.39, 0.29) is 0 Å². The minimum absolute atomic E-state index is 0.674. The second-order valence-corrected chi connectivity index (χ2v) is 3.84. The van der Waals surface area contributed by atoms with Crippen LogP contribution in [0.3, 0.4) is 0 Å². The summed E-state index contributed by atoms with van der Waals surface area (Å²) < 4.78 is 3.23. The Morgan fingerprint density at radius 2 is 2.40 bits per heavy atom. The molecule has 0 amide bonds. The van der Waals surface area contributed by atoms with Crippen molar-refractivity contribution in [3.63, 3.8) is 0 Å². The highest BCUT2D eigenvalue weighted by Gasteiger charge is 1.99. The van der Waals surface area contributed by atoms with E-state index in [0.717, 1.165) is 6.54 Å². The molecular formula is C7H11IN2. The Balaban J connectivity index is 2.65. The van der Waals surface area contributed by atoms with Crippen molar-refractivity contribution >= 4 is 22.6 Å². The molecule has 0 N–H and O–H groups in total. The van der Waals surface area contributed by atoms with Gasteiger partial charge in [-0.2, -0.15) is 5.10 Å². The molecule has 0 bridgehead atoms. The van der Waals surface area contributed by atoms with E-state index in [1.165, 1.54) is 3.70 Å². The Hall–Kier alpha value is -0.0600. The minimum atomic E-state index is 0.674. The topological polar surface area (TPSA) is 17.8 Å². The molecule has 10 heavy (non-hydrogen) atoms. The Morgan fingerprint density at radius 1 is 1.70 bits per heavy atom. The Morgan fingerprint density at radius 3 is 2.80 bits per heavy atom. The van der Waals surface area contributed by atoms with Gasteiger partial charge in [0.05, 0.1) is 9.90 Å². The highest BCUT2D eigenvalue weighted by molar-refractivity contribution is 14.1. The standard InChI is InChI=1S/C7H11IN2/c1-6(2)5-10-7(8)3-4-9-10/h3-4,6H,5H2,1-2H3. The van der Waals surface area contributed by atoms with Crippen LogP contribution in [0.15, 0.2) is 12.3 Å². The van der Waals surface area contributed by atoms with E-state index in [2.05, 4.69) is 41.5 Å². The van der Waals surface area contributed by atoms with Crippen molar-refractivity contribution in [3.05, 3.63) is 16.0 Å². The number of hydrogen-bond donors (Lipinski definition) is 0. The van der Waals surface area contributed by atoms with Crippen molar-refractivity contribution in [2.45, 2.75) is 20.4 Å². The van der Waals surface area contributed by atoms with Gasteiger partial charge in [0.15, 0.2) is 0 Å². The highest BCUT2D eigenvalue weighted by Crippen LogP contribution is 2.05. The largest absolute Gasteiger partial charge is 0.259 e. The SMILES string of the molecule is CC(C)Cn1nccc1I. The van der Waals surface area contributed by atoms with Gasteiger partial charge in [0, 0.05) is 6.54 Å². The first-order valence-electron chi connectivity index (χ1n) is 3.37. The van der Waals surface area contributed by atoms with Crippen LogP contribution in [0, 0.1) is 9.62 Å². The highest BCUT2D eigenvalue weighted by atomic mass is 127. The maximum atomic E-state index is 4.17. The zero-order chi connectivity index (χ0) is 7.56. The zero-order valence-electron chi connectivity index (χ0n) is 6.21. The zero-order valence-corrected chi connectivity index (χ0v) is 8.37. The molecule has 1 heterocycles. The van der Waals surface area contributed by atoms with Gasteiger partial charge in [-0.25, -0.2) is 0 Å². The predicted molar refractivity (Wildman–Crippen MR) is 49.8 cm³/mol. The maximum absolute atomic E-state index is 4.17. The van der Waals surface area contributed by atoms with Crippen molar-refractivity contribution in [2.75, 3.05) is 0 Å². The molecule has 0 atom stereocenters. The summed E-state index contributed by atoms with van der Waals surface area (Å²) >= 11 is 2.29. The van der Waals surface area contributed by atoms with Crippen LogP contribution in [0.5, 0.6) is 0 Å². The van der Waals surface area contributed by atoms with Gasteiger partial charge in [-0.1, -0.05) is 13.8 Å². The molecule has 0 aliphatic heterocycles. The van der Waals surface area contributed by atoms with Gasteiger partial charge in [0.2, 0.25) is 0 Å². The van der Waals surface area contributed by atoms with Crippen LogP contribution in [0.4, 0.5) is 0 Å². The molecule has 0 aliphatic rings. The Labute approximate surface area is 74.8 Å². The van der Waals surface area contributed by atoms with Gasteiger partial charge in [-0.15, -0.1) is 0 Å². The van der Waals surface area contributed by atoms with Crippen LogP contribution in [-0.4, -0.2) is 9.78 Å². The molecule has 0 saturated heterocycles. The van der Waals surface area contributed by atoms with Crippen LogP contribution < -0.4 is 0 Å². The van der Waals surface area contributed by atoms with Crippen LogP contribution in [0.2, 0.25) is 0 Å². The monoisotopic (exact) mass is 250 g/mol. The summed E-state index contributed by atoms with van der Waals surface area (Å²) in [7, 11) is 0. The molecule has 0 spiro atoms. The summed E-state index contributed by atoms with van der Waals surface area (Å²) in [6, 6.07) is 2.02. The number of aromatic nitrogens is 2. The van der Waals surface area contributed by atoms with Crippen LogP contribution in [0.1, 0.15) is 13.8 Å². The third-order valence-corrected chi connectivity index (χ3v) is 2.12. The first-order chi connectivity index (χ1) is 4.70. The smallest absolute Gasteiger partial charge is 0.0989 e. The molecule has 1 aromatic rings. The molecule has 56 valence electrons. The minimum Gasteiger partial charge on any atom is -0.259 e. The second-order valence-electron chi connectivity index (χ2n) is 2.73. The fraction of sp³-hybridized carbons (Fsp3) is 0.571. The van der Waals surface area contributed by atoms with Crippen molar-refractivity contribution in [2.24, 2.45) is 5.92 Å². The lowest BCUT2D eigenvalue weighted by Gasteiger charge is -2.04. The third kappa shape index (κ3) is 1.97. The lowest BCUT2D eigenvalue weighted by Crippen LogP contribution is -2.07. The molecule has 2 nitrogen and oxygen atoms in total. The number of nitrogens with zero attached hydrogens (tertiary/aromatic N) is 2. The lowest BCUT2D eigenvalue weighted by atomic mass is 10.2. The molecule has 0 fully saturated rings. The first-order valence-corrected chi connectivity index (χ1v) is 4.45. The molecular weight excluding hydrogens is 239 g/mol. The molecule has 0 aromatic carbocycles. The summed E-state index contributed by atoms with van der Waals surface area (Å²) in [5.41, 5.74) is 0. The first kappa shape index (κ1) is 8.04. The van der Waals surface area contributed by atoms with Crippen molar-refractivity contribution in [3.8, 4) is 0 Å². The Bertz CT molecular complexity index is 205. The summed E-state index contributed by atoms with van der Waals surface area (Å²) in [5.74, 6) is 0.674. The van der Waals surface area contributed by atoms with E-state index in [1.807, 2.05) is 16.9 Å². The van der Waals surface area contributed by atoms with Gasteiger partial charge in [-0.05, 0) is 34.6 Å². The molecule has 0 aliphatic carbocycles. The van der Waals surface area contributed by atoms with Gasteiger partial charge < -0.3 is 0 Å². The summed E-state index contributed by atoms with van der Waals surface area (Å²) in [6.07, 6.45) is 1.84. The molecule has 1 rings (SSSR count). The Kier molecular flexibility index (Phi) is 2.71. The van der Waals surface area contributed by atoms with E-state index in [1.54, 1.807) is 0 Å². The average molecular weight is 250 g/mol. The average Bonchev–Trinajstić information content (AvgIpc) is 2.15. The van der Waals surface area contributed by atoms with Crippen LogP contribution in [0.25, 0.3) is 0 Å². The van der Waals surface area contributed by atoms with Crippen molar-refractivity contribution in [1.82, 2.24) is 9.78 Å². The molecule has 0 saturated carbocycles. The second kappa shape index (κ2) is 3.37. The normalized spacial score (nSPS) is 10.8. The summed E-state index contributed by atoms with van der Waals surface area (Å²) in [5, 5.41) is 4.17. The van der Waals surface area contributed by atoms with E-state index < -0.39 is 0 Å². The maximum Gasteiger partial charge on any atom is 0.0989 e. The summed E-state index contributed by atoms with van der Waals surface area (Å²) in [4.78, 5) is 0. The summed E-state index contributed by atoms with van der Waals surface area (Å²) in [6.45, 7) is 5.40. The fourth-order valence-electron chi connectivity index (χ4n) is 0.797.